The summed E-state index contributed by atoms with van der Waals surface area (Å²) in [5.41, 5.74) is -4.37. The fourth-order valence-electron chi connectivity index (χ4n) is 8.74. The molecule has 0 saturated carbocycles. The Bertz CT molecular complexity index is 1140. The maximum Gasteiger partial charge on any atom is 0.311 e. The Balaban J connectivity index is 2.17. The van der Waals surface area contributed by atoms with Crippen LogP contribution in [0.15, 0.2) is 0 Å². The van der Waals surface area contributed by atoms with E-state index in [9.17, 15) is 30.3 Å². The normalized spacial score (nSPS) is 49.6. The van der Waals surface area contributed by atoms with E-state index in [0.717, 1.165) is 0 Å². The van der Waals surface area contributed by atoms with Gasteiger partial charge in [-0.3, -0.25) is 4.79 Å². The highest BCUT2D eigenvalue weighted by Gasteiger charge is 2.52. The van der Waals surface area contributed by atoms with Gasteiger partial charge in [-0.15, -0.1) is 0 Å². The van der Waals surface area contributed by atoms with E-state index >= 15 is 0 Å². The van der Waals surface area contributed by atoms with E-state index in [0.29, 0.717) is 13.0 Å². The number of esters is 1. The van der Waals surface area contributed by atoms with Gasteiger partial charge >= 0.3 is 5.97 Å². The summed E-state index contributed by atoms with van der Waals surface area (Å²) in [4.78, 5) is 18.0. The molecule has 3 aliphatic heterocycles. The molecule has 14 heteroatoms. The zero-order valence-corrected chi connectivity index (χ0v) is 34.2. The second-order valence-corrected chi connectivity index (χ2v) is 17.2. The minimum atomic E-state index is -1.80. The number of hydrogen-bond donors (Lipinski definition) is 5. The fourth-order valence-corrected chi connectivity index (χ4v) is 8.74. The van der Waals surface area contributed by atoms with Gasteiger partial charge in [-0.2, -0.15) is 0 Å². The van der Waals surface area contributed by atoms with Crippen LogP contribution in [0.1, 0.15) is 94.9 Å². The number of ether oxygens (including phenoxy) is 6. The van der Waals surface area contributed by atoms with Crippen LogP contribution in [-0.4, -0.2) is 166 Å². The monoisotopic (exact) mass is 749 g/mol. The molecule has 3 heterocycles. The first kappa shape index (κ1) is 45.4. The molecule has 306 valence electrons. The van der Waals surface area contributed by atoms with Crippen molar-refractivity contribution in [3.63, 3.8) is 0 Å². The van der Waals surface area contributed by atoms with Gasteiger partial charge in [0.2, 0.25) is 0 Å². The van der Waals surface area contributed by atoms with Crippen LogP contribution in [0.25, 0.3) is 0 Å². The molecule has 1 unspecified atom stereocenters. The first-order valence-corrected chi connectivity index (χ1v) is 19.1. The Kier molecular flexibility index (Phi) is 15.6. The third kappa shape index (κ3) is 10.0. The first-order chi connectivity index (χ1) is 23.9. The van der Waals surface area contributed by atoms with E-state index in [1.807, 2.05) is 51.7 Å². The van der Waals surface area contributed by atoms with Gasteiger partial charge in [0.25, 0.3) is 0 Å². The van der Waals surface area contributed by atoms with Crippen LogP contribution in [-0.2, 0) is 33.2 Å². The second-order valence-electron chi connectivity index (χ2n) is 17.2. The summed E-state index contributed by atoms with van der Waals surface area (Å²) < 4.78 is 37.5. The summed E-state index contributed by atoms with van der Waals surface area (Å²) in [5.74, 6) is -2.58. The molecule has 52 heavy (non-hydrogen) atoms. The lowest BCUT2D eigenvalue weighted by atomic mass is 9.77. The number of cyclic esters (lactones) is 1. The third-order valence-corrected chi connectivity index (χ3v) is 12.2. The number of methoxy groups -OCH3 is 1. The lowest BCUT2D eigenvalue weighted by Crippen LogP contribution is -2.60. The maximum absolute atomic E-state index is 14.2. The van der Waals surface area contributed by atoms with Crippen molar-refractivity contribution < 1.29 is 58.7 Å². The fraction of sp³-hybridized carbons (Fsp3) is 0.974. The number of aliphatic hydroxyl groups excluding tert-OH is 3. The standard InChI is InChI=1S/C38H72N2O12/c1-15-27-38(10,46)31(42)24(6)40(13)19-20(2)17-36(8,45)33(52-35-29(41)26(39(11)12)16-21(3)48-35)22(4)30(23(5)34(44)50-27)51-28-18-37(9,47-14)32(43)25(7)49-28/h20-33,35,41-43,45-46H,15-19H2,1-14H3/t20-,21+,22-,23+,24+,25-,26-,27+,28-,29+,30-,31+,32-,33+,35?,36+,37+,38+/m0/s1. The van der Waals surface area contributed by atoms with Crippen molar-refractivity contribution in [2.75, 3.05) is 34.8 Å². The Hall–Kier alpha value is -1.01. The quantitative estimate of drug-likeness (QED) is 0.238. The summed E-state index contributed by atoms with van der Waals surface area (Å²) in [6.07, 6.45) is -8.19. The Morgan fingerprint density at radius 3 is 2.12 bits per heavy atom. The van der Waals surface area contributed by atoms with Crippen LogP contribution in [0.2, 0.25) is 0 Å². The van der Waals surface area contributed by atoms with Gasteiger partial charge < -0.3 is 63.8 Å². The van der Waals surface area contributed by atoms with Crippen molar-refractivity contribution in [1.82, 2.24) is 9.80 Å². The molecule has 3 aliphatic rings. The molecule has 0 aromatic heterocycles. The molecule has 0 aromatic carbocycles. The summed E-state index contributed by atoms with van der Waals surface area (Å²) >= 11 is 0. The van der Waals surface area contributed by atoms with E-state index in [2.05, 4.69) is 0 Å². The highest BCUT2D eigenvalue weighted by molar-refractivity contribution is 5.73. The number of hydrogen-bond acceptors (Lipinski definition) is 14. The van der Waals surface area contributed by atoms with Crippen molar-refractivity contribution >= 4 is 5.97 Å². The lowest BCUT2D eigenvalue weighted by Gasteiger charge is -2.48. The van der Waals surface area contributed by atoms with Crippen LogP contribution in [0.5, 0.6) is 0 Å². The molecule has 0 spiro atoms. The molecule has 3 fully saturated rings. The van der Waals surface area contributed by atoms with Crippen LogP contribution < -0.4 is 0 Å². The SMILES string of the molecule is CC[C@H]1OC(=O)[C@H](C)[C@@H](O[C@H]2C[C@@](C)(OC)[C@@H](O)[C@H](C)O2)[C@H](C)[C@@H](OC2O[C@H](C)C[C@H](N(C)C)[C@H]2O)[C@](C)(O)C[C@H](C)CN(C)[C@H](C)[C@@H](O)[C@]1(C)O. The van der Waals surface area contributed by atoms with Crippen molar-refractivity contribution in [2.24, 2.45) is 17.8 Å². The molecule has 0 bridgehead atoms. The summed E-state index contributed by atoms with van der Waals surface area (Å²) in [7, 11) is 7.12. The summed E-state index contributed by atoms with van der Waals surface area (Å²) in [6, 6.07) is -0.808. The van der Waals surface area contributed by atoms with E-state index in [1.165, 1.54) is 14.0 Å². The Morgan fingerprint density at radius 1 is 0.942 bits per heavy atom. The molecule has 3 rings (SSSR count). The van der Waals surface area contributed by atoms with Gasteiger partial charge in [0.1, 0.15) is 30.0 Å². The van der Waals surface area contributed by atoms with Gasteiger partial charge in [-0.05, 0) is 94.8 Å². The van der Waals surface area contributed by atoms with Crippen molar-refractivity contribution in [1.29, 1.82) is 0 Å². The van der Waals surface area contributed by atoms with Crippen LogP contribution in [0.3, 0.4) is 0 Å². The van der Waals surface area contributed by atoms with Crippen molar-refractivity contribution in [3.8, 4) is 0 Å². The molecule has 18 atom stereocenters. The molecular weight excluding hydrogens is 676 g/mol. The van der Waals surface area contributed by atoms with Gasteiger partial charge in [0.05, 0.1) is 41.5 Å². The highest BCUT2D eigenvalue weighted by Crippen LogP contribution is 2.40. The van der Waals surface area contributed by atoms with Crippen LogP contribution >= 0.6 is 0 Å². The zero-order valence-electron chi connectivity index (χ0n) is 34.2. The lowest BCUT2D eigenvalue weighted by molar-refractivity contribution is -0.318. The zero-order chi connectivity index (χ0) is 39.7. The molecule has 0 amide bonds. The summed E-state index contributed by atoms with van der Waals surface area (Å²) in [5, 5.41) is 58.1. The average Bonchev–Trinajstić information content (AvgIpc) is 3.05. The van der Waals surface area contributed by atoms with Crippen LogP contribution in [0, 0.1) is 17.8 Å². The smallest absolute Gasteiger partial charge is 0.311 e. The number of nitrogens with zero attached hydrogens (tertiary/aromatic N) is 2. The topological polar surface area (TPSA) is 180 Å². The van der Waals surface area contributed by atoms with Crippen LogP contribution in [0.4, 0.5) is 0 Å². The minimum Gasteiger partial charge on any atom is -0.459 e. The average molecular weight is 749 g/mol. The molecule has 3 saturated heterocycles. The van der Waals surface area contributed by atoms with E-state index in [4.69, 9.17) is 28.4 Å². The van der Waals surface area contributed by atoms with Gasteiger partial charge in [-0.25, -0.2) is 0 Å². The van der Waals surface area contributed by atoms with Crippen molar-refractivity contribution in [2.45, 2.75) is 185 Å². The van der Waals surface area contributed by atoms with Gasteiger partial charge in [-0.1, -0.05) is 20.8 Å². The largest absolute Gasteiger partial charge is 0.459 e. The highest BCUT2D eigenvalue weighted by atomic mass is 16.7. The molecular formula is C38H72N2O12. The Morgan fingerprint density at radius 2 is 1.56 bits per heavy atom. The van der Waals surface area contributed by atoms with Gasteiger partial charge in [0.15, 0.2) is 12.6 Å². The molecule has 0 aliphatic carbocycles. The summed E-state index contributed by atoms with van der Waals surface area (Å²) in [6.45, 7) is 18.0. The third-order valence-electron chi connectivity index (χ3n) is 12.2. The number of rotatable bonds is 7. The van der Waals surface area contributed by atoms with E-state index in [1.54, 1.807) is 41.5 Å². The Labute approximate surface area is 312 Å². The molecule has 14 nitrogen and oxygen atoms in total. The maximum atomic E-state index is 14.2. The number of carbonyl (C=O) groups excluding carboxylic acids is 1. The molecule has 0 aromatic rings. The first-order valence-electron chi connectivity index (χ1n) is 19.1. The predicted octanol–water partition coefficient (Wildman–Crippen LogP) is 1.90. The van der Waals surface area contributed by atoms with E-state index < -0.39 is 96.0 Å². The van der Waals surface area contributed by atoms with E-state index in [-0.39, 0.29) is 37.3 Å². The minimum absolute atomic E-state index is 0.133. The number of likely N-dealkylation sites (N-methyl/N-ethyl adjacent to an activating group) is 2. The second kappa shape index (κ2) is 17.8. The number of carbonyl (C=O) groups is 1. The van der Waals surface area contributed by atoms with Crippen molar-refractivity contribution in [3.05, 3.63) is 0 Å². The molecule has 0 radical (unpaired) electrons. The predicted molar refractivity (Wildman–Crippen MR) is 194 cm³/mol. The number of aliphatic hydroxyl groups is 5. The van der Waals surface area contributed by atoms with Gasteiger partial charge in [0, 0.05) is 38.1 Å². The molecule has 5 N–H and O–H groups in total.